The summed E-state index contributed by atoms with van der Waals surface area (Å²) in [4.78, 5) is 19.3. The number of halogens is 3. The number of fused-ring (bicyclic) bond motifs is 1. The Kier molecular flexibility index (Phi) is 6.86. The number of nitrogens with zero attached hydrogens (tertiary/aromatic N) is 2. The molecule has 2 aromatic rings. The van der Waals surface area contributed by atoms with Gasteiger partial charge in [-0.1, -0.05) is 43.8 Å². The Morgan fingerprint density at radius 1 is 1.15 bits per heavy atom. The zero-order valence-corrected chi connectivity index (χ0v) is 15.7. The number of thioether (sulfide) groups is 1. The first kappa shape index (κ1) is 20.5. The van der Waals surface area contributed by atoms with Gasteiger partial charge in [-0.2, -0.15) is 13.2 Å². The summed E-state index contributed by atoms with van der Waals surface area (Å²) in [7, 11) is 0. The molecule has 1 N–H and O–H groups in total. The van der Waals surface area contributed by atoms with Crippen LogP contribution in [0.3, 0.4) is 0 Å². The molecule has 8 heteroatoms. The summed E-state index contributed by atoms with van der Waals surface area (Å²) in [5.41, 5.74) is 0.211. The number of alkyl halides is 3. The van der Waals surface area contributed by atoms with E-state index in [1.165, 1.54) is 6.07 Å². The molecule has 0 saturated heterocycles. The largest absolute Gasteiger partial charge is 0.451 e. The van der Waals surface area contributed by atoms with E-state index in [1.54, 1.807) is 18.2 Å². The summed E-state index contributed by atoms with van der Waals surface area (Å²) in [5, 5.41) is 3.54. The molecule has 1 amide bonds. The Morgan fingerprint density at radius 3 is 2.50 bits per heavy atom. The van der Waals surface area contributed by atoms with Crippen LogP contribution in [0, 0.1) is 5.92 Å². The van der Waals surface area contributed by atoms with Crippen molar-refractivity contribution in [2.45, 2.75) is 50.9 Å². The van der Waals surface area contributed by atoms with Crippen LogP contribution in [0.25, 0.3) is 10.9 Å². The highest BCUT2D eigenvalue weighted by Gasteiger charge is 2.35. The van der Waals surface area contributed by atoms with E-state index in [0.717, 1.165) is 24.6 Å². The number of nitrogens with one attached hydrogen (secondary N) is 1. The molecule has 0 fully saturated rings. The van der Waals surface area contributed by atoms with Gasteiger partial charge in [0.1, 0.15) is 5.03 Å². The molecule has 26 heavy (non-hydrogen) atoms. The highest BCUT2D eigenvalue weighted by atomic mass is 32.2. The molecule has 142 valence electrons. The van der Waals surface area contributed by atoms with Gasteiger partial charge < -0.3 is 5.32 Å². The number of para-hydroxylation sites is 1. The van der Waals surface area contributed by atoms with Gasteiger partial charge in [-0.05, 0) is 31.7 Å². The second kappa shape index (κ2) is 8.70. The van der Waals surface area contributed by atoms with Crippen molar-refractivity contribution >= 4 is 28.6 Å². The van der Waals surface area contributed by atoms with Crippen LogP contribution in [0.5, 0.6) is 0 Å². The monoisotopic (exact) mass is 385 g/mol. The van der Waals surface area contributed by atoms with Crippen molar-refractivity contribution < 1.29 is 18.0 Å². The highest BCUT2D eigenvalue weighted by molar-refractivity contribution is 8.00. The topological polar surface area (TPSA) is 54.9 Å². The standard InChI is InChI=1S/C18H22F3N3OS/c1-11(2)8-9-12(3)22-15(25)10-26-16-13-6-4-5-7-14(13)23-17(24-16)18(19,20)21/h4-7,11-12H,8-10H2,1-3H3,(H,22,25)/t12-/m1/s1. The number of hydrogen-bond acceptors (Lipinski definition) is 4. The van der Waals surface area contributed by atoms with Crippen LogP contribution in [0.2, 0.25) is 0 Å². The molecule has 4 nitrogen and oxygen atoms in total. The molecule has 0 unspecified atom stereocenters. The average Bonchev–Trinajstić information content (AvgIpc) is 2.56. The fraction of sp³-hybridized carbons (Fsp3) is 0.500. The Labute approximate surface area is 155 Å². The van der Waals surface area contributed by atoms with E-state index in [1.807, 2.05) is 6.92 Å². The molecule has 1 heterocycles. The highest BCUT2D eigenvalue weighted by Crippen LogP contribution is 2.31. The third-order valence-electron chi connectivity index (χ3n) is 3.75. The van der Waals surface area contributed by atoms with Crippen LogP contribution in [0.15, 0.2) is 29.3 Å². The Bertz CT molecular complexity index is 765. The minimum Gasteiger partial charge on any atom is -0.353 e. The fourth-order valence-corrected chi connectivity index (χ4v) is 3.22. The molecule has 0 saturated carbocycles. The van der Waals surface area contributed by atoms with Crippen molar-refractivity contribution in [3.8, 4) is 0 Å². The smallest absolute Gasteiger partial charge is 0.353 e. The van der Waals surface area contributed by atoms with Gasteiger partial charge in [-0.25, -0.2) is 9.97 Å². The normalized spacial score (nSPS) is 13.2. The molecule has 0 radical (unpaired) electrons. The van der Waals surface area contributed by atoms with Crippen LogP contribution in [-0.2, 0) is 11.0 Å². The number of amides is 1. The lowest BCUT2D eigenvalue weighted by Crippen LogP contribution is -2.34. The van der Waals surface area contributed by atoms with Gasteiger partial charge in [-0.15, -0.1) is 0 Å². The van der Waals surface area contributed by atoms with E-state index in [-0.39, 0.29) is 28.2 Å². The van der Waals surface area contributed by atoms with Crippen molar-refractivity contribution in [2.75, 3.05) is 5.75 Å². The first-order valence-electron chi connectivity index (χ1n) is 8.43. The Balaban J connectivity index is 2.09. The van der Waals surface area contributed by atoms with Gasteiger partial charge in [0, 0.05) is 11.4 Å². The van der Waals surface area contributed by atoms with E-state index in [9.17, 15) is 18.0 Å². The molecule has 1 aromatic carbocycles. The second-order valence-corrected chi connectivity index (χ2v) is 7.56. The maximum Gasteiger partial charge on any atom is 0.451 e. The third-order valence-corrected chi connectivity index (χ3v) is 4.74. The van der Waals surface area contributed by atoms with Gasteiger partial charge in [-0.3, -0.25) is 4.79 Å². The lowest BCUT2D eigenvalue weighted by molar-refractivity contribution is -0.145. The fourth-order valence-electron chi connectivity index (χ4n) is 2.39. The number of carbonyl (C=O) groups is 1. The summed E-state index contributed by atoms with van der Waals surface area (Å²) < 4.78 is 39.0. The quantitative estimate of drug-likeness (QED) is 0.555. The molecular formula is C18H22F3N3OS. The first-order chi connectivity index (χ1) is 12.2. The number of rotatable bonds is 7. The first-order valence-corrected chi connectivity index (χ1v) is 9.41. The number of benzene rings is 1. The molecule has 0 aliphatic rings. The zero-order chi connectivity index (χ0) is 19.3. The lowest BCUT2D eigenvalue weighted by Gasteiger charge is -2.15. The predicted octanol–water partition coefficient (Wildman–Crippen LogP) is 4.68. The van der Waals surface area contributed by atoms with Crippen molar-refractivity contribution in [3.05, 3.63) is 30.1 Å². The van der Waals surface area contributed by atoms with Crippen LogP contribution in [0.1, 0.15) is 39.4 Å². The van der Waals surface area contributed by atoms with E-state index in [4.69, 9.17) is 0 Å². The van der Waals surface area contributed by atoms with Crippen molar-refractivity contribution in [3.63, 3.8) is 0 Å². The van der Waals surface area contributed by atoms with Gasteiger partial charge in [0.05, 0.1) is 11.3 Å². The second-order valence-electron chi connectivity index (χ2n) is 6.60. The lowest BCUT2D eigenvalue weighted by atomic mass is 10.0. The molecular weight excluding hydrogens is 363 g/mol. The van der Waals surface area contributed by atoms with Gasteiger partial charge in [0.25, 0.3) is 0 Å². The van der Waals surface area contributed by atoms with Gasteiger partial charge in [0.2, 0.25) is 11.7 Å². The minimum atomic E-state index is -4.63. The minimum absolute atomic E-state index is 0.00429. The van der Waals surface area contributed by atoms with E-state index >= 15 is 0 Å². The maximum atomic E-state index is 13.0. The summed E-state index contributed by atoms with van der Waals surface area (Å²) in [6, 6.07) is 6.51. The van der Waals surface area contributed by atoms with Crippen LogP contribution < -0.4 is 5.32 Å². The van der Waals surface area contributed by atoms with Crippen LogP contribution >= 0.6 is 11.8 Å². The maximum absolute atomic E-state index is 13.0. The van der Waals surface area contributed by atoms with Crippen LogP contribution in [0.4, 0.5) is 13.2 Å². The summed E-state index contributed by atoms with van der Waals surface area (Å²) in [5.74, 6) is -0.853. The summed E-state index contributed by atoms with van der Waals surface area (Å²) in [6.45, 7) is 6.15. The van der Waals surface area contributed by atoms with E-state index < -0.39 is 12.0 Å². The third kappa shape index (κ3) is 5.86. The molecule has 0 spiro atoms. The molecule has 0 aliphatic heterocycles. The van der Waals surface area contributed by atoms with Crippen molar-refractivity contribution in [1.29, 1.82) is 0 Å². The molecule has 0 bridgehead atoms. The summed E-state index contributed by atoms with van der Waals surface area (Å²) in [6.07, 6.45) is -2.77. The Hall–Kier alpha value is -1.83. The SMILES string of the molecule is CC(C)CC[C@@H](C)NC(=O)CSc1nc(C(F)(F)F)nc2ccccc12. The molecule has 1 atom stereocenters. The molecule has 1 aromatic heterocycles. The zero-order valence-electron chi connectivity index (χ0n) is 14.9. The van der Waals surface area contributed by atoms with Crippen molar-refractivity contribution in [2.24, 2.45) is 5.92 Å². The van der Waals surface area contributed by atoms with E-state index in [0.29, 0.717) is 11.3 Å². The Morgan fingerprint density at radius 2 is 1.85 bits per heavy atom. The molecule has 0 aliphatic carbocycles. The van der Waals surface area contributed by atoms with Crippen LogP contribution in [-0.4, -0.2) is 27.7 Å². The number of aromatic nitrogens is 2. The van der Waals surface area contributed by atoms with E-state index in [2.05, 4.69) is 29.1 Å². The number of hydrogen-bond donors (Lipinski definition) is 1. The predicted molar refractivity (Wildman–Crippen MR) is 96.9 cm³/mol. The number of carbonyl (C=O) groups excluding carboxylic acids is 1. The van der Waals surface area contributed by atoms with Crippen molar-refractivity contribution in [1.82, 2.24) is 15.3 Å². The summed E-state index contributed by atoms with van der Waals surface area (Å²) >= 11 is 0.992. The van der Waals surface area contributed by atoms with Gasteiger partial charge in [0.15, 0.2) is 0 Å². The molecule has 2 rings (SSSR count). The van der Waals surface area contributed by atoms with Gasteiger partial charge >= 0.3 is 6.18 Å². The average molecular weight is 385 g/mol.